The zero-order chi connectivity index (χ0) is 28.3. The number of amides is 1. The van der Waals surface area contributed by atoms with Gasteiger partial charge >= 0.3 is 0 Å². The number of hydrogen-bond donors (Lipinski definition) is 2. The number of nitrogens with one attached hydrogen (secondary N) is 1. The van der Waals surface area contributed by atoms with Gasteiger partial charge in [-0.25, -0.2) is 27.2 Å². The van der Waals surface area contributed by atoms with E-state index >= 15 is 4.39 Å². The second-order valence-corrected chi connectivity index (χ2v) is 9.64. The fourth-order valence-corrected chi connectivity index (χ4v) is 4.83. The summed E-state index contributed by atoms with van der Waals surface area (Å²) in [6.07, 6.45) is 2.70. The van der Waals surface area contributed by atoms with Gasteiger partial charge in [-0.1, -0.05) is 6.07 Å². The lowest BCUT2D eigenvalue weighted by Gasteiger charge is -2.40. The maximum Gasteiger partial charge on any atom is 0.255 e. The molecule has 5 rings (SSSR count). The molecule has 3 aromatic carbocycles. The van der Waals surface area contributed by atoms with E-state index in [4.69, 9.17) is 0 Å². The highest BCUT2D eigenvalue weighted by atomic mass is 19.1. The molecule has 1 amide bonds. The number of halogens is 4. The van der Waals surface area contributed by atoms with E-state index in [1.807, 2.05) is 9.80 Å². The number of aromatic nitrogens is 3. The summed E-state index contributed by atoms with van der Waals surface area (Å²) in [6, 6.07) is 12.4. The van der Waals surface area contributed by atoms with Crippen molar-refractivity contribution in [2.75, 3.05) is 42.9 Å². The number of benzene rings is 3. The van der Waals surface area contributed by atoms with E-state index in [0.29, 0.717) is 31.9 Å². The minimum atomic E-state index is -1.73. The van der Waals surface area contributed by atoms with Crippen molar-refractivity contribution >= 4 is 17.3 Å². The smallest absolute Gasteiger partial charge is 0.255 e. The fraction of sp³-hybridized carbons (Fsp3) is 0.250. The average molecular weight is 555 g/mol. The van der Waals surface area contributed by atoms with Crippen LogP contribution in [0.5, 0.6) is 0 Å². The molecule has 2 N–H and O–H groups in total. The number of β-amino-alcohol motifs (C(OH)–C–C–N with tert-alkyl or cyclic N) is 1. The number of rotatable bonds is 8. The number of anilines is 2. The molecule has 0 spiro atoms. The summed E-state index contributed by atoms with van der Waals surface area (Å²) in [5.74, 6) is -3.09. The summed E-state index contributed by atoms with van der Waals surface area (Å²) in [7, 11) is 0. The van der Waals surface area contributed by atoms with E-state index in [0.717, 1.165) is 12.1 Å². The molecule has 1 unspecified atom stereocenters. The normalized spacial score (nSPS) is 15.6. The Morgan fingerprint density at radius 3 is 2.25 bits per heavy atom. The molecule has 40 heavy (non-hydrogen) atoms. The third-order valence-corrected chi connectivity index (χ3v) is 6.83. The molecule has 0 saturated carbocycles. The number of piperazine rings is 1. The largest absolute Gasteiger partial charge is 0.382 e. The average Bonchev–Trinajstić information content (AvgIpc) is 3.42. The first kappa shape index (κ1) is 27.3. The number of nitrogens with zero attached hydrogens (tertiary/aromatic N) is 5. The summed E-state index contributed by atoms with van der Waals surface area (Å²) >= 11 is 0. The molecular formula is C28H26F4N6O2. The van der Waals surface area contributed by atoms with Crippen LogP contribution in [0.15, 0.2) is 73.3 Å². The maximum atomic E-state index is 15.0. The quantitative estimate of drug-likeness (QED) is 0.323. The van der Waals surface area contributed by atoms with Gasteiger partial charge in [-0.3, -0.25) is 9.69 Å². The Labute approximate surface area is 227 Å². The molecule has 0 bridgehead atoms. The van der Waals surface area contributed by atoms with Crippen molar-refractivity contribution in [1.82, 2.24) is 19.7 Å². The molecule has 8 nitrogen and oxygen atoms in total. The maximum absolute atomic E-state index is 15.0. The molecule has 1 aliphatic heterocycles. The van der Waals surface area contributed by atoms with Crippen molar-refractivity contribution in [3.8, 4) is 0 Å². The topological polar surface area (TPSA) is 86.5 Å². The van der Waals surface area contributed by atoms with Crippen molar-refractivity contribution in [1.29, 1.82) is 0 Å². The van der Waals surface area contributed by atoms with Gasteiger partial charge in [-0.15, -0.1) is 0 Å². The molecule has 1 aromatic heterocycles. The van der Waals surface area contributed by atoms with Crippen molar-refractivity contribution < 1.29 is 27.5 Å². The van der Waals surface area contributed by atoms with E-state index in [1.165, 1.54) is 53.7 Å². The molecule has 0 aliphatic carbocycles. The van der Waals surface area contributed by atoms with Crippen molar-refractivity contribution in [2.45, 2.75) is 12.1 Å². The standard InChI is InChI=1S/C28H26F4N6O2/c29-20-3-1-19(2-4-20)27(39)35-22-6-8-26(25(32)14-22)37-11-9-36(10-12-37)15-28(40,16-38-18-33-17-34-38)23-7-5-21(30)13-24(23)31/h1-8,13-14,17-18,40H,9-12,15-16H2,(H,35,39). The van der Waals surface area contributed by atoms with Gasteiger partial charge in [0.15, 0.2) is 0 Å². The van der Waals surface area contributed by atoms with Crippen molar-refractivity contribution in [3.63, 3.8) is 0 Å². The summed E-state index contributed by atoms with van der Waals surface area (Å²) in [6.45, 7) is 1.64. The van der Waals surface area contributed by atoms with E-state index in [1.54, 1.807) is 12.1 Å². The first-order valence-electron chi connectivity index (χ1n) is 12.5. The first-order chi connectivity index (χ1) is 19.2. The van der Waals surface area contributed by atoms with Gasteiger partial charge in [0.25, 0.3) is 5.91 Å². The Hall–Kier alpha value is -4.29. The molecule has 1 saturated heterocycles. The zero-order valence-corrected chi connectivity index (χ0v) is 21.3. The van der Waals surface area contributed by atoms with E-state index in [9.17, 15) is 23.1 Å². The summed E-state index contributed by atoms with van der Waals surface area (Å²) < 4.78 is 57.8. The number of hydrogen-bond acceptors (Lipinski definition) is 6. The monoisotopic (exact) mass is 554 g/mol. The van der Waals surface area contributed by atoms with Crippen LogP contribution in [0.2, 0.25) is 0 Å². The predicted octanol–water partition coefficient (Wildman–Crippen LogP) is 3.80. The van der Waals surface area contributed by atoms with Gasteiger partial charge < -0.3 is 15.3 Å². The third-order valence-electron chi connectivity index (χ3n) is 6.83. The molecule has 1 aliphatic rings. The molecule has 1 atom stereocenters. The van der Waals surface area contributed by atoms with Gasteiger partial charge in [0.05, 0.1) is 12.2 Å². The summed E-state index contributed by atoms with van der Waals surface area (Å²) in [5, 5.41) is 18.2. The Morgan fingerprint density at radius 2 is 1.60 bits per heavy atom. The number of aliphatic hydroxyl groups is 1. The van der Waals surface area contributed by atoms with Gasteiger partial charge in [0, 0.05) is 55.6 Å². The van der Waals surface area contributed by atoms with E-state index in [-0.39, 0.29) is 29.9 Å². The molecule has 208 valence electrons. The van der Waals surface area contributed by atoms with Gasteiger partial charge in [-0.2, -0.15) is 5.10 Å². The van der Waals surface area contributed by atoms with Crippen LogP contribution in [0.3, 0.4) is 0 Å². The molecule has 2 heterocycles. The number of carbonyl (C=O) groups is 1. The Morgan fingerprint density at radius 1 is 0.875 bits per heavy atom. The van der Waals surface area contributed by atoms with Crippen LogP contribution in [-0.4, -0.2) is 63.4 Å². The van der Waals surface area contributed by atoms with Crippen LogP contribution in [-0.2, 0) is 12.1 Å². The van der Waals surface area contributed by atoms with Gasteiger partial charge in [0.1, 0.15) is 41.5 Å². The Bertz CT molecular complexity index is 1480. The lowest BCUT2D eigenvalue weighted by molar-refractivity contribution is -0.0227. The van der Waals surface area contributed by atoms with E-state index < -0.39 is 34.8 Å². The lowest BCUT2D eigenvalue weighted by Crippen LogP contribution is -2.52. The molecule has 0 radical (unpaired) electrons. The zero-order valence-electron chi connectivity index (χ0n) is 21.3. The molecular weight excluding hydrogens is 528 g/mol. The van der Waals surface area contributed by atoms with Crippen LogP contribution in [0.25, 0.3) is 0 Å². The van der Waals surface area contributed by atoms with E-state index in [2.05, 4.69) is 15.4 Å². The number of carbonyl (C=O) groups excluding carboxylic acids is 1. The Balaban J connectivity index is 1.24. The summed E-state index contributed by atoms with van der Waals surface area (Å²) in [5.41, 5.74) is -0.943. The van der Waals surface area contributed by atoms with Crippen LogP contribution < -0.4 is 10.2 Å². The van der Waals surface area contributed by atoms with Crippen LogP contribution in [0.1, 0.15) is 15.9 Å². The molecule has 1 fully saturated rings. The second-order valence-electron chi connectivity index (χ2n) is 9.64. The van der Waals surface area contributed by atoms with Crippen LogP contribution in [0.4, 0.5) is 28.9 Å². The Kier molecular flexibility index (Phi) is 7.81. The highest BCUT2D eigenvalue weighted by Gasteiger charge is 2.36. The predicted molar refractivity (Wildman–Crippen MR) is 140 cm³/mol. The lowest BCUT2D eigenvalue weighted by atomic mass is 9.92. The van der Waals surface area contributed by atoms with Gasteiger partial charge in [0.2, 0.25) is 0 Å². The molecule has 4 aromatic rings. The first-order valence-corrected chi connectivity index (χ1v) is 12.5. The highest BCUT2D eigenvalue weighted by Crippen LogP contribution is 2.29. The fourth-order valence-electron chi connectivity index (χ4n) is 4.83. The SMILES string of the molecule is O=C(Nc1ccc(N2CCN(CC(O)(Cn3cncn3)c3ccc(F)cc3F)CC2)c(F)c1)c1ccc(F)cc1. The minimum Gasteiger partial charge on any atom is -0.382 e. The van der Waals surface area contributed by atoms with Crippen molar-refractivity contribution in [3.05, 3.63) is 108 Å². The molecule has 12 heteroatoms. The minimum absolute atomic E-state index is 0.0279. The van der Waals surface area contributed by atoms with Crippen LogP contribution >= 0.6 is 0 Å². The van der Waals surface area contributed by atoms with Gasteiger partial charge in [-0.05, 0) is 48.5 Å². The highest BCUT2D eigenvalue weighted by molar-refractivity contribution is 6.04. The summed E-state index contributed by atoms with van der Waals surface area (Å²) in [4.78, 5) is 20.0. The van der Waals surface area contributed by atoms with Crippen LogP contribution in [0, 0.1) is 23.3 Å². The third kappa shape index (κ3) is 6.13. The van der Waals surface area contributed by atoms with Crippen molar-refractivity contribution in [2.24, 2.45) is 0 Å². The second kappa shape index (κ2) is 11.4.